The van der Waals surface area contributed by atoms with Crippen molar-refractivity contribution in [1.82, 2.24) is 0 Å². The van der Waals surface area contributed by atoms with Gasteiger partial charge in [0.15, 0.2) is 0 Å². The molecule has 0 aliphatic heterocycles. The Labute approximate surface area is 62.6 Å². The lowest BCUT2D eigenvalue weighted by Gasteiger charge is -2.02. The minimum Gasteiger partial charge on any atom is -0.0958 e. The van der Waals surface area contributed by atoms with Gasteiger partial charge in [-0.15, -0.1) is 0 Å². The highest BCUT2D eigenvalue weighted by atomic mass is 14.6. The molecule has 2 aliphatic rings. The lowest BCUT2D eigenvalue weighted by molar-refractivity contribution is 0.554. The van der Waals surface area contributed by atoms with Crippen LogP contribution in [0.15, 0.2) is 24.3 Å². The molecule has 2 unspecified atom stereocenters. The number of allylic oxidation sites excluding steroid dienone is 3. The van der Waals surface area contributed by atoms with Crippen molar-refractivity contribution in [2.75, 3.05) is 0 Å². The van der Waals surface area contributed by atoms with Crippen molar-refractivity contribution in [1.29, 1.82) is 0 Å². The molecule has 10 heavy (non-hydrogen) atoms. The lowest BCUT2D eigenvalue weighted by atomic mass is 10.0. The van der Waals surface area contributed by atoms with Crippen LogP contribution in [0.25, 0.3) is 0 Å². The van der Waals surface area contributed by atoms with Crippen LogP contribution in [0.1, 0.15) is 20.3 Å². The van der Waals surface area contributed by atoms with E-state index >= 15 is 0 Å². The van der Waals surface area contributed by atoms with Gasteiger partial charge in [-0.3, -0.25) is 0 Å². The molecule has 0 aromatic rings. The fourth-order valence-electron chi connectivity index (χ4n) is 2.15. The van der Waals surface area contributed by atoms with Gasteiger partial charge in [-0.1, -0.05) is 38.2 Å². The van der Waals surface area contributed by atoms with E-state index in [1.165, 1.54) is 12.0 Å². The molecule has 1 fully saturated rings. The third-order valence-electron chi connectivity index (χ3n) is 3.16. The van der Waals surface area contributed by atoms with Gasteiger partial charge in [0.1, 0.15) is 0 Å². The standard InChI is InChI=1S/C10H14/c1-7-4-5-8-9(6-7)10(8,2)3/h4-5,8-9H,1,6H2,2-3H3. The van der Waals surface area contributed by atoms with Crippen molar-refractivity contribution in [2.24, 2.45) is 17.3 Å². The molecule has 54 valence electrons. The summed E-state index contributed by atoms with van der Waals surface area (Å²) >= 11 is 0. The maximum absolute atomic E-state index is 3.97. The normalized spacial score (nSPS) is 41.2. The third-order valence-corrected chi connectivity index (χ3v) is 3.16. The average Bonchev–Trinajstić information content (AvgIpc) is 2.36. The van der Waals surface area contributed by atoms with E-state index < -0.39 is 0 Å². The van der Waals surface area contributed by atoms with Crippen LogP contribution >= 0.6 is 0 Å². The summed E-state index contributed by atoms with van der Waals surface area (Å²) < 4.78 is 0. The predicted octanol–water partition coefficient (Wildman–Crippen LogP) is 2.77. The highest BCUT2D eigenvalue weighted by molar-refractivity contribution is 5.30. The minimum absolute atomic E-state index is 0.579. The van der Waals surface area contributed by atoms with Gasteiger partial charge in [0.25, 0.3) is 0 Å². The van der Waals surface area contributed by atoms with Gasteiger partial charge >= 0.3 is 0 Å². The molecule has 0 radical (unpaired) electrons. The highest BCUT2D eigenvalue weighted by Gasteiger charge is 2.56. The molecule has 0 heteroatoms. The van der Waals surface area contributed by atoms with Crippen LogP contribution in [0.4, 0.5) is 0 Å². The molecule has 0 nitrogen and oxygen atoms in total. The summed E-state index contributed by atoms with van der Waals surface area (Å²) in [6.45, 7) is 8.67. The fourth-order valence-corrected chi connectivity index (χ4v) is 2.15. The lowest BCUT2D eigenvalue weighted by Crippen LogP contribution is -1.90. The zero-order valence-corrected chi connectivity index (χ0v) is 6.72. The first kappa shape index (κ1) is 6.21. The van der Waals surface area contributed by atoms with Gasteiger partial charge < -0.3 is 0 Å². The molecular formula is C10H14. The Morgan fingerprint density at radius 2 is 2.30 bits per heavy atom. The molecule has 0 heterocycles. The second-order valence-corrected chi connectivity index (χ2v) is 4.18. The molecule has 0 saturated heterocycles. The van der Waals surface area contributed by atoms with Crippen molar-refractivity contribution in [3.63, 3.8) is 0 Å². The van der Waals surface area contributed by atoms with E-state index in [4.69, 9.17) is 0 Å². The quantitative estimate of drug-likeness (QED) is 0.478. The molecule has 2 rings (SSSR count). The summed E-state index contributed by atoms with van der Waals surface area (Å²) in [5.74, 6) is 1.77. The predicted molar refractivity (Wildman–Crippen MR) is 43.7 cm³/mol. The van der Waals surface area contributed by atoms with Crippen molar-refractivity contribution in [3.8, 4) is 0 Å². The maximum atomic E-state index is 3.97. The Bertz CT molecular complexity index is 208. The smallest absolute Gasteiger partial charge is 0.0139 e. The Morgan fingerprint density at radius 1 is 1.60 bits per heavy atom. The molecule has 2 atom stereocenters. The van der Waals surface area contributed by atoms with Crippen LogP contribution in [-0.2, 0) is 0 Å². The number of hydrogen-bond acceptors (Lipinski definition) is 0. The van der Waals surface area contributed by atoms with Crippen LogP contribution < -0.4 is 0 Å². The highest BCUT2D eigenvalue weighted by Crippen LogP contribution is 2.63. The molecule has 2 aliphatic carbocycles. The number of rotatable bonds is 0. The summed E-state index contributed by atoms with van der Waals surface area (Å²) in [4.78, 5) is 0. The molecule has 0 aromatic carbocycles. The summed E-state index contributed by atoms with van der Waals surface area (Å²) in [5, 5.41) is 0. The summed E-state index contributed by atoms with van der Waals surface area (Å²) in [7, 11) is 0. The van der Waals surface area contributed by atoms with Gasteiger partial charge in [-0.2, -0.15) is 0 Å². The monoisotopic (exact) mass is 134 g/mol. The van der Waals surface area contributed by atoms with Crippen LogP contribution in [0, 0.1) is 17.3 Å². The van der Waals surface area contributed by atoms with E-state index in [2.05, 4.69) is 32.6 Å². The van der Waals surface area contributed by atoms with Gasteiger partial charge in [-0.25, -0.2) is 0 Å². The first-order valence-corrected chi connectivity index (χ1v) is 3.98. The summed E-state index contributed by atoms with van der Waals surface area (Å²) in [6.07, 6.45) is 5.75. The second-order valence-electron chi connectivity index (χ2n) is 4.18. The average molecular weight is 134 g/mol. The van der Waals surface area contributed by atoms with E-state index in [1.54, 1.807) is 0 Å². The van der Waals surface area contributed by atoms with E-state index in [-0.39, 0.29) is 0 Å². The Morgan fingerprint density at radius 3 is 2.80 bits per heavy atom. The Balaban J connectivity index is 2.23. The molecule has 0 spiro atoms. The summed E-state index contributed by atoms with van der Waals surface area (Å²) in [5.41, 5.74) is 1.89. The molecular weight excluding hydrogens is 120 g/mol. The molecule has 0 bridgehead atoms. The molecule has 0 amide bonds. The van der Waals surface area contributed by atoms with Crippen LogP contribution in [0.2, 0.25) is 0 Å². The molecule has 0 aromatic heterocycles. The van der Waals surface area contributed by atoms with Gasteiger partial charge in [0, 0.05) is 0 Å². The van der Waals surface area contributed by atoms with Crippen LogP contribution in [0.5, 0.6) is 0 Å². The van der Waals surface area contributed by atoms with Crippen LogP contribution in [0.3, 0.4) is 0 Å². The summed E-state index contributed by atoms with van der Waals surface area (Å²) in [6, 6.07) is 0. The number of fused-ring (bicyclic) bond motifs is 1. The van der Waals surface area contributed by atoms with Gasteiger partial charge in [-0.05, 0) is 23.7 Å². The molecule has 1 saturated carbocycles. The van der Waals surface area contributed by atoms with Crippen molar-refractivity contribution in [3.05, 3.63) is 24.3 Å². The van der Waals surface area contributed by atoms with E-state index in [0.717, 1.165) is 11.8 Å². The molecule has 0 N–H and O–H groups in total. The van der Waals surface area contributed by atoms with E-state index in [1.807, 2.05) is 0 Å². The van der Waals surface area contributed by atoms with Crippen LogP contribution in [-0.4, -0.2) is 0 Å². The first-order chi connectivity index (χ1) is 4.62. The number of hydrogen-bond donors (Lipinski definition) is 0. The van der Waals surface area contributed by atoms with Crippen molar-refractivity contribution < 1.29 is 0 Å². The second kappa shape index (κ2) is 1.55. The maximum Gasteiger partial charge on any atom is -0.0139 e. The Kier molecular flexibility index (Phi) is 0.964. The van der Waals surface area contributed by atoms with E-state index in [9.17, 15) is 0 Å². The van der Waals surface area contributed by atoms with Gasteiger partial charge in [0.05, 0.1) is 0 Å². The van der Waals surface area contributed by atoms with Crippen molar-refractivity contribution >= 4 is 0 Å². The Hall–Kier alpha value is -0.520. The third kappa shape index (κ3) is 0.622. The largest absolute Gasteiger partial charge is 0.0958 e. The van der Waals surface area contributed by atoms with Gasteiger partial charge in [0.2, 0.25) is 0 Å². The fraction of sp³-hybridized carbons (Fsp3) is 0.600. The van der Waals surface area contributed by atoms with Crippen molar-refractivity contribution in [2.45, 2.75) is 20.3 Å². The zero-order chi connectivity index (χ0) is 7.35. The first-order valence-electron chi connectivity index (χ1n) is 3.98. The SMILES string of the molecule is C=C1C=CC2C(C1)C2(C)C. The zero-order valence-electron chi connectivity index (χ0n) is 6.72. The van der Waals surface area contributed by atoms with E-state index in [0.29, 0.717) is 5.41 Å². The topological polar surface area (TPSA) is 0 Å². The minimum atomic E-state index is 0.579.